The van der Waals surface area contributed by atoms with Crippen LogP contribution >= 0.6 is 0 Å². The van der Waals surface area contributed by atoms with Crippen LogP contribution in [0.5, 0.6) is 0 Å². The van der Waals surface area contributed by atoms with Gasteiger partial charge in [-0.15, -0.1) is 0 Å². The minimum Gasteiger partial charge on any atom is -0.267 e. The fourth-order valence-electron chi connectivity index (χ4n) is 1.58. The van der Waals surface area contributed by atoms with Crippen LogP contribution in [0.2, 0.25) is 0 Å². The van der Waals surface area contributed by atoms with Gasteiger partial charge in [0, 0.05) is 17.7 Å². The minimum atomic E-state index is -0.0758. The van der Waals surface area contributed by atoms with Crippen LogP contribution in [-0.2, 0) is 4.79 Å². The van der Waals surface area contributed by atoms with E-state index in [1.54, 1.807) is 6.08 Å². The number of aliphatic imine (C=N–C) groups is 1. The molecule has 0 aromatic rings. The summed E-state index contributed by atoms with van der Waals surface area (Å²) >= 11 is 0. The highest BCUT2D eigenvalue weighted by atomic mass is 16.1. The zero-order valence-corrected chi connectivity index (χ0v) is 5.71. The van der Waals surface area contributed by atoms with E-state index in [4.69, 9.17) is 0 Å². The number of hydrogen-bond acceptors (Lipinski definition) is 1. The van der Waals surface area contributed by atoms with Gasteiger partial charge in [-0.1, -0.05) is 6.08 Å². The maximum Gasteiger partial charge on any atom is 0.269 e. The van der Waals surface area contributed by atoms with Gasteiger partial charge >= 0.3 is 0 Å². The van der Waals surface area contributed by atoms with Gasteiger partial charge in [0.05, 0.1) is 0 Å². The van der Waals surface area contributed by atoms with E-state index in [1.165, 1.54) is 12.8 Å². The van der Waals surface area contributed by atoms with Crippen molar-refractivity contribution in [1.82, 2.24) is 0 Å². The molecule has 52 valence electrons. The van der Waals surface area contributed by atoms with Crippen LogP contribution in [0, 0.1) is 5.92 Å². The van der Waals surface area contributed by atoms with Gasteiger partial charge in [0.15, 0.2) is 0 Å². The number of amides is 1. The highest BCUT2D eigenvalue weighted by Crippen LogP contribution is 2.25. The Morgan fingerprint density at radius 2 is 2.50 bits per heavy atom. The summed E-state index contributed by atoms with van der Waals surface area (Å²) in [5.41, 5.74) is 1.10. The molecule has 1 atom stereocenters. The summed E-state index contributed by atoms with van der Waals surface area (Å²) < 4.78 is 0. The SMILES string of the molecule is O=C1C=CC2CCCC2=N1. The fourth-order valence-corrected chi connectivity index (χ4v) is 1.58. The van der Waals surface area contributed by atoms with E-state index in [-0.39, 0.29) is 5.91 Å². The first-order valence-corrected chi connectivity index (χ1v) is 3.66. The van der Waals surface area contributed by atoms with Crippen molar-refractivity contribution in [3.8, 4) is 0 Å². The zero-order valence-electron chi connectivity index (χ0n) is 5.71. The predicted molar refractivity (Wildman–Crippen MR) is 38.9 cm³/mol. The maximum atomic E-state index is 10.7. The first kappa shape index (κ1) is 5.83. The number of rotatable bonds is 0. The predicted octanol–water partition coefficient (Wildman–Crippen LogP) is 1.32. The van der Waals surface area contributed by atoms with E-state index in [9.17, 15) is 4.79 Å². The molecule has 0 aromatic carbocycles. The Hall–Kier alpha value is -0.920. The van der Waals surface area contributed by atoms with E-state index in [0.29, 0.717) is 5.92 Å². The van der Waals surface area contributed by atoms with Gasteiger partial charge in [0.2, 0.25) is 0 Å². The second-order valence-electron chi connectivity index (χ2n) is 2.80. The first-order valence-electron chi connectivity index (χ1n) is 3.66. The molecule has 1 unspecified atom stereocenters. The zero-order chi connectivity index (χ0) is 6.97. The van der Waals surface area contributed by atoms with E-state index in [2.05, 4.69) is 4.99 Å². The lowest BCUT2D eigenvalue weighted by atomic mass is 10.0. The van der Waals surface area contributed by atoms with Crippen molar-refractivity contribution >= 4 is 11.6 Å². The molecule has 10 heavy (non-hydrogen) atoms. The van der Waals surface area contributed by atoms with E-state index < -0.39 is 0 Å². The number of nitrogens with zero attached hydrogens (tertiary/aromatic N) is 1. The number of dihydropyridines is 1. The normalized spacial score (nSPS) is 30.2. The summed E-state index contributed by atoms with van der Waals surface area (Å²) in [5, 5.41) is 0. The number of carbonyl (C=O) groups is 1. The van der Waals surface area contributed by atoms with Gasteiger partial charge in [-0.25, -0.2) is 4.99 Å². The third-order valence-corrected chi connectivity index (χ3v) is 2.10. The Balaban J connectivity index is 2.30. The second-order valence-corrected chi connectivity index (χ2v) is 2.80. The molecule has 1 aliphatic carbocycles. The number of allylic oxidation sites excluding steroid dienone is 1. The smallest absolute Gasteiger partial charge is 0.267 e. The average molecular weight is 135 g/mol. The molecular weight excluding hydrogens is 126 g/mol. The lowest BCUT2D eigenvalue weighted by Gasteiger charge is -2.07. The number of hydrogen-bond donors (Lipinski definition) is 0. The van der Waals surface area contributed by atoms with Gasteiger partial charge in [-0.2, -0.15) is 0 Å². The van der Waals surface area contributed by atoms with Crippen molar-refractivity contribution in [2.75, 3.05) is 0 Å². The Morgan fingerprint density at radius 3 is 3.40 bits per heavy atom. The topological polar surface area (TPSA) is 29.4 Å². The van der Waals surface area contributed by atoms with Gasteiger partial charge in [-0.3, -0.25) is 4.79 Å². The highest BCUT2D eigenvalue weighted by molar-refractivity contribution is 6.05. The largest absolute Gasteiger partial charge is 0.269 e. The monoisotopic (exact) mass is 135 g/mol. The molecule has 0 bridgehead atoms. The van der Waals surface area contributed by atoms with Crippen LogP contribution in [0.1, 0.15) is 19.3 Å². The Morgan fingerprint density at radius 1 is 1.60 bits per heavy atom. The standard InChI is InChI=1S/C8H9NO/c10-8-5-4-6-2-1-3-7(6)9-8/h4-6H,1-3H2. The van der Waals surface area contributed by atoms with Gasteiger partial charge in [-0.05, 0) is 19.3 Å². The minimum absolute atomic E-state index is 0.0758. The molecule has 2 nitrogen and oxygen atoms in total. The third-order valence-electron chi connectivity index (χ3n) is 2.10. The Kier molecular flexibility index (Phi) is 1.19. The molecular formula is C8H9NO. The Labute approximate surface area is 59.6 Å². The molecule has 2 rings (SSSR count). The van der Waals surface area contributed by atoms with Gasteiger partial charge in [0.25, 0.3) is 5.91 Å². The quantitative estimate of drug-likeness (QED) is 0.492. The van der Waals surface area contributed by atoms with Crippen LogP contribution < -0.4 is 0 Å². The molecule has 1 amide bonds. The lowest BCUT2D eigenvalue weighted by Crippen LogP contribution is -2.10. The maximum absolute atomic E-state index is 10.7. The first-order chi connectivity index (χ1) is 4.86. The summed E-state index contributed by atoms with van der Waals surface area (Å²) in [7, 11) is 0. The molecule has 2 aliphatic rings. The summed E-state index contributed by atoms with van der Waals surface area (Å²) in [6.45, 7) is 0. The molecule has 2 heteroatoms. The van der Waals surface area contributed by atoms with E-state index >= 15 is 0 Å². The lowest BCUT2D eigenvalue weighted by molar-refractivity contribution is -0.113. The van der Waals surface area contributed by atoms with Gasteiger partial charge < -0.3 is 0 Å². The third kappa shape index (κ3) is 0.801. The van der Waals surface area contributed by atoms with Crippen molar-refractivity contribution in [3.05, 3.63) is 12.2 Å². The summed E-state index contributed by atoms with van der Waals surface area (Å²) in [6, 6.07) is 0. The van der Waals surface area contributed by atoms with Gasteiger partial charge in [0.1, 0.15) is 0 Å². The Bertz CT molecular complexity index is 227. The molecule has 0 aromatic heterocycles. The summed E-state index contributed by atoms with van der Waals surface area (Å²) in [6.07, 6.45) is 6.97. The molecule has 1 heterocycles. The van der Waals surface area contributed by atoms with Crippen molar-refractivity contribution < 1.29 is 4.79 Å². The van der Waals surface area contributed by atoms with Crippen molar-refractivity contribution in [3.63, 3.8) is 0 Å². The highest BCUT2D eigenvalue weighted by Gasteiger charge is 2.23. The van der Waals surface area contributed by atoms with Crippen LogP contribution in [-0.4, -0.2) is 11.6 Å². The van der Waals surface area contributed by atoms with Crippen LogP contribution in [0.3, 0.4) is 0 Å². The number of carbonyl (C=O) groups excluding carboxylic acids is 1. The van der Waals surface area contributed by atoms with E-state index in [1.807, 2.05) is 6.08 Å². The van der Waals surface area contributed by atoms with Crippen molar-refractivity contribution in [2.24, 2.45) is 10.9 Å². The van der Waals surface area contributed by atoms with E-state index in [0.717, 1.165) is 12.1 Å². The summed E-state index contributed by atoms with van der Waals surface area (Å²) in [5.74, 6) is 0.422. The average Bonchev–Trinajstić information content (AvgIpc) is 2.33. The molecule has 1 saturated carbocycles. The van der Waals surface area contributed by atoms with Crippen molar-refractivity contribution in [2.45, 2.75) is 19.3 Å². The molecule has 0 radical (unpaired) electrons. The molecule has 1 fully saturated rings. The molecule has 0 saturated heterocycles. The molecule has 1 aliphatic heterocycles. The second kappa shape index (κ2) is 2.04. The van der Waals surface area contributed by atoms with Crippen molar-refractivity contribution in [1.29, 1.82) is 0 Å². The molecule has 0 spiro atoms. The van der Waals surface area contributed by atoms with Crippen LogP contribution in [0.15, 0.2) is 17.1 Å². The number of fused-ring (bicyclic) bond motifs is 1. The summed E-state index contributed by atoms with van der Waals surface area (Å²) in [4.78, 5) is 14.7. The molecule has 0 N–H and O–H groups in total. The van der Waals surface area contributed by atoms with Crippen LogP contribution in [0.4, 0.5) is 0 Å². The fraction of sp³-hybridized carbons (Fsp3) is 0.500. The van der Waals surface area contributed by atoms with Crippen LogP contribution in [0.25, 0.3) is 0 Å².